The first kappa shape index (κ1) is 13.0. The number of hydrogen-bond acceptors (Lipinski definition) is 1. The van der Waals surface area contributed by atoms with Crippen molar-refractivity contribution in [3.63, 3.8) is 0 Å². The number of rotatable bonds is 3. The largest absolute Gasteiger partial charge is 0.317 e. The summed E-state index contributed by atoms with van der Waals surface area (Å²) in [5.74, 6) is 1.18. The molecule has 0 amide bonds. The number of nitrogens with one attached hydrogen (secondary N) is 1. The van der Waals surface area contributed by atoms with Gasteiger partial charge in [0, 0.05) is 10.5 Å². The van der Waals surface area contributed by atoms with Crippen molar-refractivity contribution < 1.29 is 4.39 Å². The molecule has 3 unspecified atom stereocenters. The highest BCUT2D eigenvalue weighted by Crippen LogP contribution is 2.35. The lowest BCUT2D eigenvalue weighted by atomic mass is 9.89. The van der Waals surface area contributed by atoms with Crippen LogP contribution in [0.2, 0.25) is 0 Å². The summed E-state index contributed by atoms with van der Waals surface area (Å²) in [5, 5.41) is 3.37. The molecule has 0 spiro atoms. The van der Waals surface area contributed by atoms with Gasteiger partial charge in [0.1, 0.15) is 5.82 Å². The third-order valence-electron chi connectivity index (χ3n) is 4.09. The number of hydrogen-bond donors (Lipinski definition) is 1. The summed E-state index contributed by atoms with van der Waals surface area (Å²) in [4.78, 5) is 0. The Hall–Kier alpha value is -0.410. The molecule has 1 aliphatic rings. The van der Waals surface area contributed by atoms with Gasteiger partial charge in [-0.1, -0.05) is 22.9 Å². The van der Waals surface area contributed by atoms with Crippen molar-refractivity contribution in [3.8, 4) is 0 Å². The van der Waals surface area contributed by atoms with Crippen LogP contribution in [0.4, 0.5) is 4.39 Å². The SMILES string of the molecule is CNC1CCC(Cc2cc(F)ccc2Br)C1C. The van der Waals surface area contributed by atoms with Crippen LogP contribution >= 0.6 is 15.9 Å². The first-order chi connectivity index (χ1) is 8.11. The summed E-state index contributed by atoms with van der Waals surface area (Å²) in [7, 11) is 2.03. The maximum Gasteiger partial charge on any atom is 0.123 e. The highest BCUT2D eigenvalue weighted by atomic mass is 79.9. The van der Waals surface area contributed by atoms with Gasteiger partial charge in [-0.2, -0.15) is 0 Å². The Morgan fingerprint density at radius 1 is 1.41 bits per heavy atom. The lowest BCUT2D eigenvalue weighted by Gasteiger charge is -2.20. The fourth-order valence-electron chi connectivity index (χ4n) is 2.93. The van der Waals surface area contributed by atoms with Crippen LogP contribution in [0.15, 0.2) is 22.7 Å². The second-order valence-electron chi connectivity index (χ2n) is 5.03. The monoisotopic (exact) mass is 299 g/mol. The van der Waals surface area contributed by atoms with Crippen molar-refractivity contribution in [2.45, 2.75) is 32.2 Å². The zero-order valence-electron chi connectivity index (χ0n) is 10.3. The molecule has 0 radical (unpaired) electrons. The van der Waals surface area contributed by atoms with E-state index in [0.717, 1.165) is 16.5 Å². The van der Waals surface area contributed by atoms with Gasteiger partial charge in [-0.15, -0.1) is 0 Å². The molecule has 1 saturated carbocycles. The fraction of sp³-hybridized carbons (Fsp3) is 0.571. The van der Waals surface area contributed by atoms with Crippen LogP contribution in [0.1, 0.15) is 25.3 Å². The zero-order valence-corrected chi connectivity index (χ0v) is 11.9. The summed E-state index contributed by atoms with van der Waals surface area (Å²) in [6.45, 7) is 2.30. The third-order valence-corrected chi connectivity index (χ3v) is 4.86. The Bertz CT molecular complexity index is 394. The molecule has 3 atom stereocenters. The van der Waals surface area contributed by atoms with Crippen LogP contribution in [0.25, 0.3) is 0 Å². The molecule has 17 heavy (non-hydrogen) atoms. The zero-order chi connectivity index (χ0) is 12.4. The van der Waals surface area contributed by atoms with E-state index in [4.69, 9.17) is 0 Å². The van der Waals surface area contributed by atoms with Crippen molar-refractivity contribution in [2.75, 3.05) is 7.05 Å². The predicted molar refractivity (Wildman–Crippen MR) is 72.5 cm³/mol. The van der Waals surface area contributed by atoms with Crippen LogP contribution < -0.4 is 5.32 Å². The van der Waals surface area contributed by atoms with Gasteiger partial charge in [0.2, 0.25) is 0 Å². The van der Waals surface area contributed by atoms with Crippen molar-refractivity contribution in [2.24, 2.45) is 11.8 Å². The molecule has 0 bridgehead atoms. The lowest BCUT2D eigenvalue weighted by Crippen LogP contribution is -2.29. The average Bonchev–Trinajstić information content (AvgIpc) is 2.65. The topological polar surface area (TPSA) is 12.0 Å². The van der Waals surface area contributed by atoms with Crippen LogP contribution in [0.5, 0.6) is 0 Å². The molecule has 0 saturated heterocycles. The minimum Gasteiger partial charge on any atom is -0.317 e. The quantitative estimate of drug-likeness (QED) is 0.896. The molecular weight excluding hydrogens is 281 g/mol. The molecule has 0 heterocycles. The van der Waals surface area contributed by atoms with Gasteiger partial charge in [-0.25, -0.2) is 4.39 Å². The number of benzene rings is 1. The molecule has 1 N–H and O–H groups in total. The van der Waals surface area contributed by atoms with E-state index in [1.807, 2.05) is 7.05 Å². The van der Waals surface area contributed by atoms with Gasteiger partial charge in [0.25, 0.3) is 0 Å². The fourth-order valence-corrected chi connectivity index (χ4v) is 3.33. The molecule has 1 aromatic rings. The van der Waals surface area contributed by atoms with Crippen molar-refractivity contribution in [1.29, 1.82) is 0 Å². The average molecular weight is 300 g/mol. The van der Waals surface area contributed by atoms with E-state index >= 15 is 0 Å². The van der Waals surface area contributed by atoms with E-state index in [9.17, 15) is 4.39 Å². The maximum atomic E-state index is 13.2. The molecule has 1 nitrogen and oxygen atoms in total. The lowest BCUT2D eigenvalue weighted by molar-refractivity contribution is 0.363. The smallest absolute Gasteiger partial charge is 0.123 e. The minimum atomic E-state index is -0.140. The van der Waals surface area contributed by atoms with Crippen LogP contribution in [0.3, 0.4) is 0 Å². The third kappa shape index (κ3) is 2.89. The second-order valence-corrected chi connectivity index (χ2v) is 5.89. The molecule has 1 fully saturated rings. The highest BCUT2D eigenvalue weighted by molar-refractivity contribution is 9.10. The Balaban J connectivity index is 2.09. The second kappa shape index (κ2) is 5.49. The summed E-state index contributed by atoms with van der Waals surface area (Å²) in [5.41, 5.74) is 1.10. The number of halogens is 2. The summed E-state index contributed by atoms with van der Waals surface area (Å²) >= 11 is 3.51. The van der Waals surface area contributed by atoms with Gasteiger partial charge in [0.15, 0.2) is 0 Å². The Morgan fingerprint density at radius 2 is 2.18 bits per heavy atom. The van der Waals surface area contributed by atoms with Crippen LogP contribution in [0, 0.1) is 17.7 Å². The van der Waals surface area contributed by atoms with Crippen molar-refractivity contribution in [3.05, 3.63) is 34.1 Å². The van der Waals surface area contributed by atoms with Gasteiger partial charge in [-0.05, 0) is 61.9 Å². The normalized spacial score (nSPS) is 28.6. The minimum absolute atomic E-state index is 0.140. The van der Waals surface area contributed by atoms with E-state index in [2.05, 4.69) is 28.2 Å². The van der Waals surface area contributed by atoms with E-state index in [1.54, 1.807) is 12.1 Å². The molecule has 1 aliphatic carbocycles. The Morgan fingerprint density at radius 3 is 2.82 bits per heavy atom. The molecule has 1 aromatic carbocycles. The Kier molecular flexibility index (Phi) is 4.21. The Labute approximate surface area is 111 Å². The standard InChI is InChI=1S/C14H19BrFN/c1-9-10(3-6-14(9)17-2)7-11-8-12(16)4-5-13(11)15/h4-5,8-10,14,17H,3,6-7H2,1-2H3. The van der Waals surface area contributed by atoms with Gasteiger partial charge < -0.3 is 5.32 Å². The molecule has 0 aromatic heterocycles. The van der Waals surface area contributed by atoms with Crippen molar-refractivity contribution >= 4 is 15.9 Å². The van der Waals surface area contributed by atoms with Crippen LogP contribution in [-0.2, 0) is 6.42 Å². The molecular formula is C14H19BrFN. The molecule has 94 valence electrons. The van der Waals surface area contributed by atoms with Crippen LogP contribution in [-0.4, -0.2) is 13.1 Å². The van der Waals surface area contributed by atoms with E-state index in [1.165, 1.54) is 18.9 Å². The highest BCUT2D eigenvalue weighted by Gasteiger charge is 2.31. The predicted octanol–water partition coefficient (Wildman–Crippen LogP) is 3.76. The summed E-state index contributed by atoms with van der Waals surface area (Å²) < 4.78 is 14.3. The van der Waals surface area contributed by atoms with E-state index < -0.39 is 0 Å². The summed E-state index contributed by atoms with van der Waals surface area (Å²) in [6, 6.07) is 5.58. The van der Waals surface area contributed by atoms with Gasteiger partial charge in [0.05, 0.1) is 0 Å². The first-order valence-corrected chi connectivity index (χ1v) is 7.02. The van der Waals surface area contributed by atoms with E-state index in [-0.39, 0.29) is 5.82 Å². The van der Waals surface area contributed by atoms with E-state index in [0.29, 0.717) is 17.9 Å². The van der Waals surface area contributed by atoms with Gasteiger partial charge >= 0.3 is 0 Å². The summed E-state index contributed by atoms with van der Waals surface area (Å²) in [6.07, 6.45) is 3.43. The first-order valence-electron chi connectivity index (χ1n) is 6.23. The maximum absolute atomic E-state index is 13.2. The molecule has 0 aliphatic heterocycles. The van der Waals surface area contributed by atoms with Gasteiger partial charge in [-0.3, -0.25) is 0 Å². The molecule has 3 heteroatoms. The van der Waals surface area contributed by atoms with Crippen molar-refractivity contribution in [1.82, 2.24) is 5.32 Å². The molecule has 2 rings (SSSR count).